The third-order valence-electron chi connectivity index (χ3n) is 4.74. The zero-order valence-corrected chi connectivity index (χ0v) is 18.3. The van der Waals surface area contributed by atoms with Crippen LogP contribution in [0.25, 0.3) is 33.8 Å². The van der Waals surface area contributed by atoms with Crippen molar-refractivity contribution >= 4 is 11.0 Å². The number of hydrogen-bond donors (Lipinski definition) is 1. The van der Waals surface area contributed by atoms with Crippen LogP contribution in [0.2, 0.25) is 0 Å². The SMILES string of the molecule is CCCc1c2nc(-c3cc(-c4noc(C)n4)cnc3OCC(C)C)[nH]c(=O)c2nn1C. The number of aryl methyl sites for hydroxylation is 3. The van der Waals surface area contributed by atoms with E-state index in [0.717, 1.165) is 18.5 Å². The van der Waals surface area contributed by atoms with E-state index in [1.54, 1.807) is 23.9 Å². The van der Waals surface area contributed by atoms with Gasteiger partial charge in [0.15, 0.2) is 5.52 Å². The molecule has 0 aliphatic carbocycles. The predicted octanol–water partition coefficient (Wildman–Crippen LogP) is 3.06. The molecule has 1 N–H and O–H groups in total. The van der Waals surface area contributed by atoms with Gasteiger partial charge in [0.1, 0.15) is 11.3 Å². The zero-order valence-electron chi connectivity index (χ0n) is 18.3. The monoisotopic (exact) mass is 423 g/mol. The van der Waals surface area contributed by atoms with Crippen molar-refractivity contribution in [1.29, 1.82) is 0 Å². The Hall–Kier alpha value is -3.56. The number of nitrogens with zero attached hydrogens (tertiary/aromatic N) is 6. The summed E-state index contributed by atoms with van der Waals surface area (Å²) in [7, 11) is 1.82. The van der Waals surface area contributed by atoms with Crippen LogP contribution in [0.1, 0.15) is 38.8 Å². The second-order valence-electron chi connectivity index (χ2n) is 7.85. The van der Waals surface area contributed by atoms with Gasteiger partial charge in [0, 0.05) is 25.7 Å². The smallest absolute Gasteiger partial charge is 0.279 e. The molecule has 0 fully saturated rings. The van der Waals surface area contributed by atoms with Gasteiger partial charge in [0.2, 0.25) is 17.6 Å². The van der Waals surface area contributed by atoms with E-state index in [9.17, 15) is 4.79 Å². The third kappa shape index (κ3) is 4.05. The first-order chi connectivity index (χ1) is 14.9. The molecule has 0 spiro atoms. The van der Waals surface area contributed by atoms with Crippen LogP contribution in [-0.2, 0) is 13.5 Å². The number of pyridine rings is 1. The number of nitrogens with one attached hydrogen (secondary N) is 1. The Kier molecular flexibility index (Phi) is 5.53. The fourth-order valence-corrected chi connectivity index (χ4v) is 3.29. The highest BCUT2D eigenvalue weighted by atomic mass is 16.5. The standard InChI is InChI=1S/C21H25N7O3/c1-6-7-15-16-17(26-28(15)5)20(29)25-19(24-16)14-8-13(18-23-12(4)31-27-18)9-22-21(14)30-10-11(2)3/h8-9,11H,6-7,10H2,1-5H3,(H,24,25,29). The average molecular weight is 423 g/mol. The van der Waals surface area contributed by atoms with Gasteiger partial charge in [0.05, 0.1) is 17.9 Å². The largest absolute Gasteiger partial charge is 0.477 e. The minimum Gasteiger partial charge on any atom is -0.477 e. The molecule has 0 aromatic carbocycles. The summed E-state index contributed by atoms with van der Waals surface area (Å²) in [6.45, 7) is 8.37. The van der Waals surface area contributed by atoms with E-state index in [0.29, 0.717) is 58.1 Å². The van der Waals surface area contributed by atoms with E-state index in [4.69, 9.17) is 14.2 Å². The van der Waals surface area contributed by atoms with Crippen molar-refractivity contribution in [3.05, 3.63) is 34.2 Å². The van der Waals surface area contributed by atoms with Crippen molar-refractivity contribution in [2.24, 2.45) is 13.0 Å². The summed E-state index contributed by atoms with van der Waals surface area (Å²) in [5.41, 5.74) is 2.68. The van der Waals surface area contributed by atoms with Crippen molar-refractivity contribution in [2.75, 3.05) is 6.61 Å². The van der Waals surface area contributed by atoms with Crippen LogP contribution in [0.5, 0.6) is 5.88 Å². The minimum absolute atomic E-state index is 0.304. The number of rotatable bonds is 7. The quantitative estimate of drug-likeness (QED) is 0.481. The van der Waals surface area contributed by atoms with Crippen LogP contribution in [0.4, 0.5) is 0 Å². The average Bonchev–Trinajstić information content (AvgIpc) is 3.30. The van der Waals surface area contributed by atoms with Crippen molar-refractivity contribution in [2.45, 2.75) is 40.5 Å². The molecule has 31 heavy (non-hydrogen) atoms. The number of aromatic amines is 1. The van der Waals surface area contributed by atoms with E-state index >= 15 is 0 Å². The molecule has 10 nitrogen and oxygen atoms in total. The van der Waals surface area contributed by atoms with Gasteiger partial charge in [0.25, 0.3) is 5.56 Å². The van der Waals surface area contributed by atoms with E-state index in [1.807, 2.05) is 7.05 Å². The molecule has 4 aromatic rings. The lowest BCUT2D eigenvalue weighted by atomic mass is 10.1. The van der Waals surface area contributed by atoms with Gasteiger partial charge in [-0.2, -0.15) is 10.1 Å². The van der Waals surface area contributed by atoms with Crippen LogP contribution in [0.15, 0.2) is 21.6 Å². The molecule has 162 valence electrons. The summed E-state index contributed by atoms with van der Waals surface area (Å²) >= 11 is 0. The topological polar surface area (TPSA) is 125 Å². The number of H-pyrrole nitrogens is 1. The Morgan fingerprint density at radius 1 is 1.26 bits per heavy atom. The van der Waals surface area contributed by atoms with Gasteiger partial charge in [-0.25, -0.2) is 9.97 Å². The Bertz CT molecular complexity index is 1290. The second kappa shape index (κ2) is 8.29. The van der Waals surface area contributed by atoms with Crippen LogP contribution >= 0.6 is 0 Å². The number of ether oxygens (including phenoxy) is 1. The highest BCUT2D eigenvalue weighted by Crippen LogP contribution is 2.30. The normalized spacial score (nSPS) is 11.5. The van der Waals surface area contributed by atoms with Crippen LogP contribution < -0.4 is 10.3 Å². The molecule has 0 aliphatic heterocycles. The molecule has 0 aliphatic rings. The Morgan fingerprint density at radius 3 is 2.74 bits per heavy atom. The number of aromatic nitrogens is 7. The van der Waals surface area contributed by atoms with Crippen LogP contribution in [0, 0.1) is 12.8 Å². The highest BCUT2D eigenvalue weighted by molar-refractivity contribution is 5.79. The predicted molar refractivity (Wildman–Crippen MR) is 115 cm³/mol. The van der Waals surface area contributed by atoms with E-state index in [2.05, 4.69) is 46.0 Å². The molecule has 4 aromatic heterocycles. The molecular formula is C21H25N7O3. The maximum absolute atomic E-state index is 12.8. The molecule has 0 saturated carbocycles. The molecular weight excluding hydrogens is 398 g/mol. The first-order valence-electron chi connectivity index (χ1n) is 10.3. The van der Waals surface area contributed by atoms with E-state index in [-0.39, 0.29) is 5.56 Å². The third-order valence-corrected chi connectivity index (χ3v) is 4.74. The lowest BCUT2D eigenvalue weighted by Gasteiger charge is -2.12. The molecule has 0 atom stereocenters. The zero-order chi connectivity index (χ0) is 22.1. The minimum atomic E-state index is -0.312. The van der Waals surface area contributed by atoms with Crippen molar-refractivity contribution < 1.29 is 9.26 Å². The van der Waals surface area contributed by atoms with Gasteiger partial charge >= 0.3 is 0 Å². The first-order valence-corrected chi connectivity index (χ1v) is 10.3. The molecule has 0 bridgehead atoms. The lowest BCUT2D eigenvalue weighted by Crippen LogP contribution is -2.12. The molecule has 4 rings (SSSR count). The van der Waals surface area contributed by atoms with E-state index in [1.165, 1.54) is 0 Å². The molecule has 10 heteroatoms. The summed E-state index contributed by atoms with van der Waals surface area (Å²) in [6, 6.07) is 1.80. The second-order valence-corrected chi connectivity index (χ2v) is 7.85. The fraction of sp³-hybridized carbons (Fsp3) is 0.429. The van der Waals surface area contributed by atoms with Gasteiger partial charge in [-0.3, -0.25) is 9.48 Å². The molecule has 0 amide bonds. The highest BCUT2D eigenvalue weighted by Gasteiger charge is 2.20. The van der Waals surface area contributed by atoms with Gasteiger partial charge in [-0.05, 0) is 18.4 Å². The van der Waals surface area contributed by atoms with Gasteiger partial charge < -0.3 is 14.2 Å². The van der Waals surface area contributed by atoms with Crippen LogP contribution in [-0.4, -0.2) is 41.5 Å². The molecule has 4 heterocycles. The number of hydrogen-bond acceptors (Lipinski definition) is 8. The van der Waals surface area contributed by atoms with Crippen molar-refractivity contribution in [1.82, 2.24) is 34.9 Å². The molecule has 0 radical (unpaired) electrons. The van der Waals surface area contributed by atoms with Crippen LogP contribution in [0.3, 0.4) is 0 Å². The fourth-order valence-electron chi connectivity index (χ4n) is 3.29. The molecule has 0 unspecified atom stereocenters. The summed E-state index contributed by atoms with van der Waals surface area (Å²) in [6.07, 6.45) is 3.29. The lowest BCUT2D eigenvalue weighted by molar-refractivity contribution is 0.262. The summed E-state index contributed by atoms with van der Waals surface area (Å²) in [5, 5.41) is 8.31. The first kappa shape index (κ1) is 20.7. The maximum Gasteiger partial charge on any atom is 0.279 e. The van der Waals surface area contributed by atoms with Crippen molar-refractivity contribution in [3.63, 3.8) is 0 Å². The Balaban J connectivity index is 1.90. The Labute approximate surface area is 178 Å². The molecule has 0 saturated heterocycles. The van der Waals surface area contributed by atoms with Crippen molar-refractivity contribution in [3.8, 4) is 28.7 Å². The van der Waals surface area contributed by atoms with E-state index < -0.39 is 0 Å². The Morgan fingerprint density at radius 2 is 2.06 bits per heavy atom. The summed E-state index contributed by atoms with van der Waals surface area (Å²) in [5.74, 6) is 1.89. The number of fused-ring (bicyclic) bond motifs is 1. The maximum atomic E-state index is 12.8. The van der Waals surface area contributed by atoms with Gasteiger partial charge in [-0.15, -0.1) is 0 Å². The summed E-state index contributed by atoms with van der Waals surface area (Å²) in [4.78, 5) is 29.1. The van der Waals surface area contributed by atoms with Gasteiger partial charge in [-0.1, -0.05) is 32.3 Å². The summed E-state index contributed by atoms with van der Waals surface area (Å²) < 4.78 is 12.7.